The van der Waals surface area contributed by atoms with E-state index in [0.717, 1.165) is 13.0 Å². The molecule has 2 N–H and O–H groups in total. The van der Waals surface area contributed by atoms with Gasteiger partial charge in [0.05, 0.1) is 5.69 Å². The highest BCUT2D eigenvalue weighted by Crippen LogP contribution is 2.66. The lowest BCUT2D eigenvalue weighted by atomic mass is 9.70. The van der Waals surface area contributed by atoms with E-state index in [9.17, 15) is 0 Å². The Morgan fingerprint density at radius 3 is 2.95 bits per heavy atom. The number of aliphatic hydroxyl groups excluding tert-OH is 1. The van der Waals surface area contributed by atoms with Gasteiger partial charge in [0.1, 0.15) is 0 Å². The first kappa shape index (κ1) is 12.9. The highest BCUT2D eigenvalue weighted by atomic mass is 16.3. The van der Waals surface area contributed by atoms with E-state index < -0.39 is 0 Å². The van der Waals surface area contributed by atoms with Crippen LogP contribution in [-0.2, 0) is 5.41 Å². The summed E-state index contributed by atoms with van der Waals surface area (Å²) in [6, 6.07) is 0. The lowest BCUT2D eigenvalue weighted by Gasteiger charge is -2.34. The zero-order chi connectivity index (χ0) is 13.7. The smallest absolute Gasteiger partial charge is 0.222 e. The van der Waals surface area contributed by atoms with Gasteiger partial charge in [0, 0.05) is 24.8 Å². The molecule has 1 heterocycles. The molecule has 2 aliphatic rings. The van der Waals surface area contributed by atoms with Crippen molar-refractivity contribution in [1.82, 2.24) is 9.97 Å². The SMILES string of the molecule is CC1(C)[C@@H]2CC[C@@]1(C)c1nc(NCCCO)ncc12. The van der Waals surface area contributed by atoms with Crippen LogP contribution < -0.4 is 5.32 Å². The summed E-state index contributed by atoms with van der Waals surface area (Å²) in [4.78, 5) is 9.21. The highest BCUT2D eigenvalue weighted by molar-refractivity contribution is 5.46. The minimum Gasteiger partial charge on any atom is -0.396 e. The molecule has 1 fully saturated rings. The summed E-state index contributed by atoms with van der Waals surface area (Å²) >= 11 is 0. The third kappa shape index (κ3) is 1.62. The molecule has 4 nitrogen and oxygen atoms in total. The van der Waals surface area contributed by atoms with Gasteiger partial charge in [0.25, 0.3) is 0 Å². The van der Waals surface area contributed by atoms with Crippen LogP contribution >= 0.6 is 0 Å². The lowest BCUT2D eigenvalue weighted by Crippen LogP contribution is -2.32. The van der Waals surface area contributed by atoms with Crippen LogP contribution in [0.1, 0.15) is 57.2 Å². The largest absolute Gasteiger partial charge is 0.396 e. The van der Waals surface area contributed by atoms with Crippen LogP contribution in [0, 0.1) is 5.41 Å². The van der Waals surface area contributed by atoms with Crippen LogP contribution in [0.2, 0.25) is 0 Å². The maximum absolute atomic E-state index is 8.81. The molecule has 1 aromatic heterocycles. The van der Waals surface area contributed by atoms with Crippen molar-refractivity contribution in [1.29, 1.82) is 0 Å². The predicted octanol–water partition coefficient (Wildman–Crippen LogP) is 2.45. The van der Waals surface area contributed by atoms with E-state index in [-0.39, 0.29) is 17.4 Å². The lowest BCUT2D eigenvalue weighted by molar-refractivity contribution is 0.227. The Balaban J connectivity index is 1.92. The van der Waals surface area contributed by atoms with Crippen LogP contribution in [0.5, 0.6) is 0 Å². The van der Waals surface area contributed by atoms with E-state index in [1.807, 2.05) is 6.20 Å². The fraction of sp³-hybridized carbons (Fsp3) is 0.733. The van der Waals surface area contributed by atoms with Crippen molar-refractivity contribution in [3.05, 3.63) is 17.5 Å². The molecule has 0 unspecified atom stereocenters. The number of nitrogens with one attached hydrogen (secondary N) is 1. The first-order chi connectivity index (χ1) is 9.00. The molecular formula is C15H23N3O. The van der Waals surface area contributed by atoms with E-state index >= 15 is 0 Å². The minimum atomic E-state index is 0.184. The molecule has 3 rings (SSSR count). The van der Waals surface area contributed by atoms with E-state index in [2.05, 4.69) is 31.1 Å². The molecule has 4 heteroatoms. The summed E-state index contributed by atoms with van der Waals surface area (Å²) in [6.07, 6.45) is 5.23. The van der Waals surface area contributed by atoms with E-state index in [0.29, 0.717) is 11.9 Å². The van der Waals surface area contributed by atoms with Gasteiger partial charge in [-0.3, -0.25) is 0 Å². The van der Waals surface area contributed by atoms with E-state index in [1.165, 1.54) is 24.1 Å². The predicted molar refractivity (Wildman–Crippen MR) is 75.3 cm³/mol. The number of anilines is 1. The van der Waals surface area contributed by atoms with Crippen molar-refractivity contribution in [3.63, 3.8) is 0 Å². The molecule has 2 aliphatic carbocycles. The number of hydrogen-bond acceptors (Lipinski definition) is 4. The molecule has 2 atom stereocenters. The van der Waals surface area contributed by atoms with Crippen LogP contribution in [0.15, 0.2) is 6.20 Å². The second-order valence-electron chi connectivity index (χ2n) is 6.65. The second-order valence-corrected chi connectivity index (χ2v) is 6.65. The zero-order valence-electron chi connectivity index (χ0n) is 12.0. The number of aromatic nitrogens is 2. The van der Waals surface area contributed by atoms with Crippen LogP contribution in [0.4, 0.5) is 5.95 Å². The molecule has 1 aromatic rings. The van der Waals surface area contributed by atoms with Gasteiger partial charge >= 0.3 is 0 Å². The summed E-state index contributed by atoms with van der Waals surface area (Å²) in [5.41, 5.74) is 3.07. The Hall–Kier alpha value is -1.16. The topological polar surface area (TPSA) is 58.0 Å². The molecule has 19 heavy (non-hydrogen) atoms. The summed E-state index contributed by atoms with van der Waals surface area (Å²) < 4.78 is 0. The summed E-state index contributed by atoms with van der Waals surface area (Å²) in [5, 5.41) is 12.0. The maximum Gasteiger partial charge on any atom is 0.222 e. The van der Waals surface area contributed by atoms with Crippen LogP contribution in [-0.4, -0.2) is 28.2 Å². The maximum atomic E-state index is 8.81. The number of rotatable bonds is 4. The number of nitrogens with zero attached hydrogens (tertiary/aromatic N) is 2. The van der Waals surface area contributed by atoms with Crippen molar-refractivity contribution >= 4 is 5.95 Å². The fourth-order valence-corrected chi connectivity index (χ4v) is 3.92. The molecule has 1 saturated carbocycles. The number of hydrogen-bond donors (Lipinski definition) is 2. The molecular weight excluding hydrogens is 238 g/mol. The Morgan fingerprint density at radius 2 is 2.21 bits per heavy atom. The first-order valence-corrected chi connectivity index (χ1v) is 7.23. The summed E-state index contributed by atoms with van der Waals surface area (Å²) in [7, 11) is 0. The quantitative estimate of drug-likeness (QED) is 0.817. The van der Waals surface area contributed by atoms with Gasteiger partial charge in [0.15, 0.2) is 0 Å². The third-order valence-electron chi connectivity index (χ3n) is 5.56. The van der Waals surface area contributed by atoms with Gasteiger partial charge in [-0.15, -0.1) is 0 Å². The van der Waals surface area contributed by atoms with Crippen LogP contribution in [0.3, 0.4) is 0 Å². The third-order valence-corrected chi connectivity index (χ3v) is 5.56. The Morgan fingerprint density at radius 1 is 1.42 bits per heavy atom. The molecule has 0 saturated heterocycles. The molecule has 0 spiro atoms. The molecule has 104 valence electrons. The van der Waals surface area contributed by atoms with E-state index in [1.54, 1.807) is 0 Å². The fourth-order valence-electron chi connectivity index (χ4n) is 3.92. The molecule has 0 amide bonds. The van der Waals surface area contributed by atoms with Crippen molar-refractivity contribution in [3.8, 4) is 0 Å². The van der Waals surface area contributed by atoms with Gasteiger partial charge in [-0.2, -0.15) is 0 Å². The van der Waals surface area contributed by atoms with Crippen molar-refractivity contribution < 1.29 is 5.11 Å². The second kappa shape index (κ2) is 4.17. The Bertz CT molecular complexity index is 500. The Labute approximate surface area is 114 Å². The van der Waals surface area contributed by atoms with Gasteiger partial charge < -0.3 is 10.4 Å². The van der Waals surface area contributed by atoms with Gasteiger partial charge in [-0.05, 0) is 36.2 Å². The average molecular weight is 261 g/mol. The van der Waals surface area contributed by atoms with Crippen LogP contribution in [0.25, 0.3) is 0 Å². The summed E-state index contributed by atoms with van der Waals surface area (Å²) in [6.45, 7) is 8.00. The molecule has 0 aliphatic heterocycles. The zero-order valence-corrected chi connectivity index (χ0v) is 12.0. The van der Waals surface area contributed by atoms with Crippen molar-refractivity contribution in [2.24, 2.45) is 5.41 Å². The van der Waals surface area contributed by atoms with Gasteiger partial charge in [0.2, 0.25) is 5.95 Å². The van der Waals surface area contributed by atoms with Gasteiger partial charge in [-0.25, -0.2) is 9.97 Å². The number of aliphatic hydroxyl groups is 1. The Kier molecular flexibility index (Phi) is 2.82. The first-order valence-electron chi connectivity index (χ1n) is 7.23. The summed E-state index contributed by atoms with van der Waals surface area (Å²) in [5.74, 6) is 1.32. The molecule has 0 aromatic carbocycles. The number of fused-ring (bicyclic) bond motifs is 5. The van der Waals surface area contributed by atoms with Crippen molar-refractivity contribution in [2.75, 3.05) is 18.5 Å². The normalized spacial score (nSPS) is 30.4. The molecule has 2 bridgehead atoms. The van der Waals surface area contributed by atoms with Gasteiger partial charge in [-0.1, -0.05) is 20.8 Å². The highest BCUT2D eigenvalue weighted by Gasteiger charge is 2.60. The minimum absolute atomic E-state index is 0.184. The van der Waals surface area contributed by atoms with E-state index in [4.69, 9.17) is 10.1 Å². The standard InChI is InChI=1S/C15H23N3O/c1-14(2)11-5-6-15(14,3)12-10(11)9-17-13(18-12)16-7-4-8-19/h9,11,19H,4-8H2,1-3H3,(H,16,17,18)/t11-,15+/m1/s1. The molecule has 0 radical (unpaired) electrons. The monoisotopic (exact) mass is 261 g/mol. The van der Waals surface area contributed by atoms with Crippen molar-refractivity contribution in [2.45, 2.75) is 51.4 Å². The average Bonchev–Trinajstić information content (AvgIpc) is 2.71.